The van der Waals surface area contributed by atoms with Crippen LogP contribution >= 0.6 is 22.9 Å². The number of halogens is 2. The van der Waals surface area contributed by atoms with Crippen LogP contribution in [0.3, 0.4) is 0 Å². The number of carbonyl (C=O) groups is 1. The van der Waals surface area contributed by atoms with Gasteiger partial charge in [-0.2, -0.15) is 0 Å². The highest BCUT2D eigenvalue weighted by atomic mass is 35.5. The van der Waals surface area contributed by atoms with Crippen LogP contribution in [0.25, 0.3) is 5.00 Å². The van der Waals surface area contributed by atoms with E-state index in [0.29, 0.717) is 35.0 Å². The first-order valence-electron chi connectivity index (χ1n) is 8.58. The van der Waals surface area contributed by atoms with E-state index in [1.54, 1.807) is 23.5 Å². The normalized spacial score (nSPS) is 17.7. The molecule has 0 amide bonds. The first kappa shape index (κ1) is 16.8. The highest BCUT2D eigenvalue weighted by Crippen LogP contribution is 2.43. The summed E-state index contributed by atoms with van der Waals surface area (Å²) in [6.45, 7) is 2.18. The summed E-state index contributed by atoms with van der Waals surface area (Å²) in [4.78, 5) is 17.2. The van der Waals surface area contributed by atoms with Gasteiger partial charge < -0.3 is 4.79 Å². The molecule has 0 radical (unpaired) electrons. The van der Waals surface area contributed by atoms with Gasteiger partial charge in [0.2, 0.25) is 0 Å². The molecule has 1 unspecified atom stereocenters. The molecule has 1 aliphatic heterocycles. The average molecular weight is 401 g/mol. The number of hydrogen-bond donors (Lipinski definition) is 0. The Kier molecular flexibility index (Phi) is 3.77. The summed E-state index contributed by atoms with van der Waals surface area (Å²) in [5.74, 6) is 1.02. The molecule has 0 bridgehead atoms. The van der Waals surface area contributed by atoms with Gasteiger partial charge in [-0.1, -0.05) is 17.7 Å². The van der Waals surface area contributed by atoms with Crippen molar-refractivity contribution in [1.82, 2.24) is 14.8 Å². The van der Waals surface area contributed by atoms with E-state index in [0.717, 1.165) is 33.1 Å². The summed E-state index contributed by atoms with van der Waals surface area (Å²) in [5.41, 5.74) is 2.74. The van der Waals surface area contributed by atoms with Crippen molar-refractivity contribution in [2.75, 3.05) is 0 Å². The molecule has 0 saturated carbocycles. The van der Waals surface area contributed by atoms with Gasteiger partial charge in [-0.15, -0.1) is 21.5 Å². The molecule has 1 aliphatic carbocycles. The van der Waals surface area contributed by atoms with Crippen molar-refractivity contribution in [1.29, 1.82) is 0 Å². The van der Waals surface area contributed by atoms with E-state index in [9.17, 15) is 9.18 Å². The second kappa shape index (κ2) is 6.07. The molecular weight excluding hydrogens is 387 g/mol. The number of aliphatic imine (C=N–C) groups is 1. The van der Waals surface area contributed by atoms with Crippen molar-refractivity contribution in [3.8, 4) is 5.00 Å². The molecule has 2 aromatic heterocycles. The van der Waals surface area contributed by atoms with Crippen molar-refractivity contribution in [2.45, 2.75) is 26.3 Å². The van der Waals surface area contributed by atoms with Crippen molar-refractivity contribution in [3.63, 3.8) is 0 Å². The molecule has 0 saturated heterocycles. The van der Waals surface area contributed by atoms with Crippen molar-refractivity contribution in [3.05, 3.63) is 62.3 Å². The maximum Gasteiger partial charge on any atom is 0.160 e. The highest BCUT2D eigenvalue weighted by Gasteiger charge is 2.35. The van der Waals surface area contributed by atoms with Crippen LogP contribution in [0, 0.1) is 18.7 Å². The Balaban J connectivity index is 1.82. The summed E-state index contributed by atoms with van der Waals surface area (Å²) in [7, 11) is 0. The third kappa shape index (κ3) is 2.41. The number of fused-ring (bicyclic) bond motifs is 5. The summed E-state index contributed by atoms with van der Waals surface area (Å²) in [6, 6.07) is 4.64. The minimum absolute atomic E-state index is 0.0429. The lowest BCUT2D eigenvalue weighted by Crippen LogP contribution is -2.11. The van der Waals surface area contributed by atoms with E-state index in [-0.39, 0.29) is 12.5 Å². The van der Waals surface area contributed by atoms with Crippen LogP contribution in [0.5, 0.6) is 0 Å². The van der Waals surface area contributed by atoms with Crippen LogP contribution < -0.4 is 0 Å². The zero-order valence-electron chi connectivity index (χ0n) is 14.4. The number of thiophene rings is 1. The summed E-state index contributed by atoms with van der Waals surface area (Å²) in [5, 5.41) is 9.66. The second-order valence-corrected chi connectivity index (χ2v) is 8.24. The summed E-state index contributed by atoms with van der Waals surface area (Å²) >= 11 is 7.97. The van der Waals surface area contributed by atoms with E-state index in [1.165, 1.54) is 6.07 Å². The van der Waals surface area contributed by atoms with Gasteiger partial charge in [-0.05, 0) is 37.5 Å². The molecule has 2 aliphatic rings. The molecule has 0 spiro atoms. The molecule has 136 valence electrons. The van der Waals surface area contributed by atoms with E-state index in [1.807, 2.05) is 11.5 Å². The quantitative estimate of drug-likeness (QED) is 0.616. The number of aldehydes is 1. The van der Waals surface area contributed by atoms with Gasteiger partial charge in [0.1, 0.15) is 29.5 Å². The van der Waals surface area contributed by atoms with Crippen LogP contribution in [-0.4, -0.2) is 26.8 Å². The fourth-order valence-corrected chi connectivity index (χ4v) is 5.62. The molecule has 8 heteroatoms. The number of aryl methyl sites for hydroxylation is 1. The van der Waals surface area contributed by atoms with E-state index in [4.69, 9.17) is 16.6 Å². The fourth-order valence-electron chi connectivity index (χ4n) is 3.88. The van der Waals surface area contributed by atoms with Gasteiger partial charge in [0.25, 0.3) is 0 Å². The number of carbonyl (C=O) groups excluding carboxylic acids is 1. The Hall–Kier alpha value is -2.38. The van der Waals surface area contributed by atoms with E-state index in [2.05, 4.69) is 10.2 Å². The predicted molar refractivity (Wildman–Crippen MR) is 102 cm³/mol. The molecular formula is C19H14ClFN4OS. The summed E-state index contributed by atoms with van der Waals surface area (Å²) in [6.07, 6.45) is 2.33. The molecule has 3 aromatic rings. The fraction of sp³-hybridized carbons (Fsp3) is 0.263. The minimum Gasteiger partial charge on any atom is -0.303 e. The van der Waals surface area contributed by atoms with Gasteiger partial charge in [-0.25, -0.2) is 4.39 Å². The number of hydrogen-bond acceptors (Lipinski definition) is 5. The van der Waals surface area contributed by atoms with Gasteiger partial charge in [0, 0.05) is 16.4 Å². The topological polar surface area (TPSA) is 60.1 Å². The third-order valence-electron chi connectivity index (χ3n) is 5.09. The van der Waals surface area contributed by atoms with Crippen molar-refractivity contribution < 1.29 is 9.18 Å². The number of benzene rings is 1. The van der Waals surface area contributed by atoms with Gasteiger partial charge in [-0.3, -0.25) is 9.56 Å². The number of aromatic nitrogens is 3. The van der Waals surface area contributed by atoms with Gasteiger partial charge in [0.15, 0.2) is 5.82 Å². The molecule has 0 fully saturated rings. The maximum absolute atomic E-state index is 14.7. The minimum atomic E-state index is -0.411. The lowest BCUT2D eigenvalue weighted by molar-refractivity contribution is -0.110. The van der Waals surface area contributed by atoms with Crippen LogP contribution in [0.2, 0.25) is 5.02 Å². The maximum atomic E-state index is 14.7. The van der Waals surface area contributed by atoms with Crippen LogP contribution in [0.4, 0.5) is 4.39 Å². The average Bonchev–Trinajstić information content (AvgIpc) is 3.27. The molecule has 27 heavy (non-hydrogen) atoms. The van der Waals surface area contributed by atoms with Gasteiger partial charge in [0.05, 0.1) is 16.3 Å². The standard InChI is InChI=1S/C19H14ClFN4OS/c1-9-23-24-15-7-22-18(17-12(20)3-2-4-13(17)21)16-11-5-10(8-26)6-14(11)27-19(16)25(9)15/h2-4,8,10H,5-7H2,1H3. The van der Waals surface area contributed by atoms with E-state index >= 15 is 0 Å². The molecule has 0 N–H and O–H groups in total. The molecule has 1 aromatic carbocycles. The third-order valence-corrected chi connectivity index (χ3v) is 6.64. The highest BCUT2D eigenvalue weighted by molar-refractivity contribution is 7.15. The monoisotopic (exact) mass is 400 g/mol. The first-order valence-corrected chi connectivity index (χ1v) is 9.78. The lowest BCUT2D eigenvalue weighted by atomic mass is 9.97. The number of rotatable bonds is 2. The van der Waals surface area contributed by atoms with Gasteiger partial charge >= 0.3 is 0 Å². The Labute approximate surface area is 163 Å². The Morgan fingerprint density at radius 2 is 2.15 bits per heavy atom. The summed E-state index contributed by atoms with van der Waals surface area (Å²) < 4.78 is 16.7. The lowest BCUT2D eigenvalue weighted by Gasteiger charge is -2.12. The molecule has 1 atom stereocenters. The molecule has 3 heterocycles. The Morgan fingerprint density at radius 1 is 1.30 bits per heavy atom. The Morgan fingerprint density at radius 3 is 2.93 bits per heavy atom. The zero-order chi connectivity index (χ0) is 18.7. The second-order valence-electron chi connectivity index (χ2n) is 6.75. The number of nitrogens with zero attached hydrogens (tertiary/aromatic N) is 4. The molecule has 5 rings (SSSR count). The smallest absolute Gasteiger partial charge is 0.160 e. The van der Waals surface area contributed by atoms with E-state index < -0.39 is 5.82 Å². The largest absolute Gasteiger partial charge is 0.303 e. The van der Waals surface area contributed by atoms with Crippen LogP contribution in [0.1, 0.15) is 33.2 Å². The Bertz CT molecular complexity index is 1110. The SMILES string of the molecule is Cc1nnc2n1-c1sc3c(c1C(c1c(F)cccc1Cl)=NC2)CC(C=O)C3. The van der Waals surface area contributed by atoms with Crippen LogP contribution in [-0.2, 0) is 24.2 Å². The first-order chi connectivity index (χ1) is 13.1. The van der Waals surface area contributed by atoms with Crippen molar-refractivity contribution in [2.24, 2.45) is 10.9 Å². The van der Waals surface area contributed by atoms with Crippen LogP contribution in [0.15, 0.2) is 23.2 Å². The zero-order valence-corrected chi connectivity index (χ0v) is 15.9. The van der Waals surface area contributed by atoms with Crippen molar-refractivity contribution >= 4 is 34.9 Å². The molecule has 5 nitrogen and oxygen atoms in total. The predicted octanol–water partition coefficient (Wildman–Crippen LogP) is 3.69.